The minimum absolute atomic E-state index is 0.0217. The Labute approximate surface area is 426 Å². The number of tetrazole rings is 1. The number of aryl methyl sites for hydroxylation is 1. The molecule has 3 aliphatic heterocycles. The minimum atomic E-state index is -2.73. The van der Waals surface area contributed by atoms with Gasteiger partial charge in [0.05, 0.1) is 25.3 Å². The van der Waals surface area contributed by atoms with E-state index in [1.165, 1.54) is 49.8 Å². The molecule has 6 aliphatic rings. The van der Waals surface area contributed by atoms with E-state index in [0.29, 0.717) is 66.1 Å². The number of anilines is 2. The molecule has 2 N–H and O–H groups in total. The number of hydrogen-bond donors (Lipinski definition) is 2. The number of aromatic amines is 1. The van der Waals surface area contributed by atoms with E-state index in [1.807, 2.05) is 17.0 Å². The predicted octanol–water partition coefficient (Wildman–Crippen LogP) is 9.63. The summed E-state index contributed by atoms with van der Waals surface area (Å²) in [4.78, 5) is 33.1. The number of aromatic nitrogens is 6. The predicted molar refractivity (Wildman–Crippen MR) is 271 cm³/mol. The van der Waals surface area contributed by atoms with Crippen LogP contribution in [0, 0.1) is 27.6 Å². The zero-order valence-corrected chi connectivity index (χ0v) is 42.9. The van der Waals surface area contributed by atoms with Crippen molar-refractivity contribution in [2.45, 2.75) is 148 Å². The molecule has 0 unspecified atom stereocenters. The summed E-state index contributed by atoms with van der Waals surface area (Å²) in [6.07, 6.45) is 8.66. The van der Waals surface area contributed by atoms with Gasteiger partial charge in [-0.1, -0.05) is 39.8 Å². The lowest BCUT2D eigenvalue weighted by molar-refractivity contribution is -0.164. The Morgan fingerprint density at radius 2 is 1.66 bits per heavy atom. The van der Waals surface area contributed by atoms with E-state index in [4.69, 9.17) is 14.6 Å². The van der Waals surface area contributed by atoms with Crippen LogP contribution >= 0.6 is 0 Å². The summed E-state index contributed by atoms with van der Waals surface area (Å²) in [5.74, 6) is 2.49. The monoisotopic (exact) mass is 996 g/mol. The number of H-pyrrole nitrogens is 1. The summed E-state index contributed by atoms with van der Waals surface area (Å²) in [5.41, 5.74) is 6.16. The van der Waals surface area contributed by atoms with E-state index < -0.39 is 6.43 Å². The van der Waals surface area contributed by atoms with Crippen LogP contribution in [0.3, 0.4) is 0 Å². The first-order valence-electron chi connectivity index (χ1n) is 26.3. The van der Waals surface area contributed by atoms with Crippen molar-refractivity contribution in [2.75, 3.05) is 38.2 Å². The number of rotatable bonds is 11. The van der Waals surface area contributed by atoms with Crippen LogP contribution in [0.1, 0.15) is 155 Å². The number of likely N-dealkylation sites (tertiary alicyclic amines) is 1. The van der Waals surface area contributed by atoms with Crippen molar-refractivity contribution in [1.29, 1.82) is 5.26 Å². The molecule has 3 aliphatic carbocycles. The van der Waals surface area contributed by atoms with Gasteiger partial charge in [0.15, 0.2) is 5.82 Å². The fraction of sp³-hybridized carbons (Fsp3) is 0.554. The molecule has 17 heteroatoms. The quantitative estimate of drug-likeness (QED) is 0.129. The standard InChI is InChI=1S/C56H67F2N11O4/c1-33(70)67-25-19-45-44(32-67)50(68-22-7-8-36-26-43(49-61-64-65-62-49)42(48(57)58)28-46(36)68)63-69(45)40-17-23-66(24-18-40)39-15-20-56(21-16-39)29-38(30-56)34-9-11-35(12-10-34)51(71)60-52-54(2,3)53(55(52,4)5)73-41-14-13-37(31-59)47(27-41)72-6/h9-14,26-28,38-40,48,52-53H,7-8,15-25,29-30,32H2,1-6H3,(H,60,71)(H,61,62,64,65). The molecule has 4 fully saturated rings. The van der Waals surface area contributed by atoms with Crippen LogP contribution in [0.2, 0.25) is 0 Å². The Morgan fingerprint density at radius 3 is 2.32 bits per heavy atom. The second-order valence-corrected chi connectivity index (χ2v) is 23.0. The second-order valence-electron chi connectivity index (χ2n) is 23.0. The van der Waals surface area contributed by atoms with E-state index in [1.54, 1.807) is 44.4 Å². The lowest BCUT2D eigenvalue weighted by atomic mass is 9.49. The molecule has 1 spiro atoms. The van der Waals surface area contributed by atoms with Gasteiger partial charge in [0.2, 0.25) is 11.7 Å². The molecule has 1 saturated heterocycles. The lowest BCUT2D eigenvalue weighted by Gasteiger charge is -2.63. The van der Waals surface area contributed by atoms with Gasteiger partial charge in [0.25, 0.3) is 12.3 Å². The second kappa shape index (κ2) is 18.8. The summed E-state index contributed by atoms with van der Waals surface area (Å²) in [7, 11) is 1.54. The van der Waals surface area contributed by atoms with E-state index in [-0.39, 0.29) is 57.8 Å². The highest BCUT2D eigenvalue weighted by atomic mass is 19.3. The number of halogens is 2. The number of ether oxygens (including phenoxy) is 2. The maximum Gasteiger partial charge on any atom is 0.264 e. The van der Waals surface area contributed by atoms with Crippen LogP contribution in [0.5, 0.6) is 11.5 Å². The number of carbonyl (C=O) groups excluding carboxylic acids is 2. The third-order valence-corrected chi connectivity index (χ3v) is 18.0. The van der Waals surface area contributed by atoms with Crippen molar-refractivity contribution < 1.29 is 27.8 Å². The lowest BCUT2D eigenvalue weighted by Crippen LogP contribution is -2.74. The number of benzene rings is 3. The summed E-state index contributed by atoms with van der Waals surface area (Å²) in [6.45, 7) is 13.9. The number of alkyl halides is 2. The zero-order chi connectivity index (χ0) is 51.0. The first kappa shape index (κ1) is 48.8. The van der Waals surface area contributed by atoms with E-state index in [9.17, 15) is 23.6 Å². The van der Waals surface area contributed by atoms with Gasteiger partial charge in [-0.2, -0.15) is 15.6 Å². The summed E-state index contributed by atoms with van der Waals surface area (Å²) in [6, 6.07) is 19.8. The van der Waals surface area contributed by atoms with Crippen molar-refractivity contribution >= 4 is 23.3 Å². The van der Waals surface area contributed by atoms with Gasteiger partial charge >= 0.3 is 0 Å². The zero-order valence-electron chi connectivity index (χ0n) is 42.9. The van der Waals surface area contributed by atoms with Crippen molar-refractivity contribution in [3.63, 3.8) is 0 Å². The maximum atomic E-state index is 14.7. The SMILES string of the molecule is COc1cc(OC2C(C)(C)C(NC(=O)c3ccc(C4CC5(CCC(N6CCC(n7nc(N8CCCc9cc(-c%10nn[nH]n%10)c(C(F)F)cc98)c8c7CCN(C(C)=O)C8)CC6)CC5)C4)cc3)C2(C)C)ccc1C#N. The van der Waals surface area contributed by atoms with Crippen molar-refractivity contribution in [3.8, 4) is 29.0 Å². The van der Waals surface area contributed by atoms with Gasteiger partial charge in [-0.25, -0.2) is 8.78 Å². The van der Waals surface area contributed by atoms with Gasteiger partial charge in [0, 0.05) is 102 Å². The number of nitrogens with zero attached hydrogens (tertiary/aromatic N) is 9. The molecule has 0 atom stereocenters. The Morgan fingerprint density at radius 1 is 0.918 bits per heavy atom. The first-order chi connectivity index (χ1) is 35.1. The number of carbonyl (C=O) groups is 2. The molecule has 3 saturated carbocycles. The van der Waals surface area contributed by atoms with E-state index in [2.05, 4.69) is 86.3 Å². The van der Waals surface area contributed by atoms with E-state index >= 15 is 0 Å². The number of nitrogens with one attached hydrogen (secondary N) is 2. The largest absolute Gasteiger partial charge is 0.495 e. The average molecular weight is 996 g/mol. The van der Waals surface area contributed by atoms with Crippen LogP contribution in [0.4, 0.5) is 20.3 Å². The van der Waals surface area contributed by atoms with Crippen LogP contribution in [-0.4, -0.2) is 103 Å². The third-order valence-electron chi connectivity index (χ3n) is 18.0. The molecule has 0 bridgehead atoms. The molecule has 3 aromatic carbocycles. The van der Waals surface area contributed by atoms with Crippen LogP contribution < -0.4 is 19.7 Å². The Balaban J connectivity index is 0.691. The molecule has 73 heavy (non-hydrogen) atoms. The first-order valence-corrected chi connectivity index (χ1v) is 26.3. The number of amides is 2. The molecular weight excluding hydrogens is 929 g/mol. The molecule has 384 valence electrons. The molecule has 2 aromatic heterocycles. The van der Waals surface area contributed by atoms with Crippen LogP contribution in [0.25, 0.3) is 11.4 Å². The Bertz CT molecular complexity index is 2910. The van der Waals surface area contributed by atoms with E-state index in [0.717, 1.165) is 61.4 Å². The molecular formula is C56H67F2N11O4. The number of hydrogen-bond acceptors (Lipinski definition) is 11. The van der Waals surface area contributed by atoms with Crippen molar-refractivity contribution in [1.82, 2.24) is 45.5 Å². The van der Waals surface area contributed by atoms with Gasteiger partial charge in [-0.15, -0.1) is 10.2 Å². The summed E-state index contributed by atoms with van der Waals surface area (Å²) < 4.78 is 43.5. The third kappa shape index (κ3) is 8.70. The highest BCUT2D eigenvalue weighted by molar-refractivity contribution is 5.94. The fourth-order valence-electron chi connectivity index (χ4n) is 14.3. The van der Waals surface area contributed by atoms with Gasteiger partial charge < -0.3 is 29.5 Å². The Kier molecular flexibility index (Phi) is 12.6. The summed E-state index contributed by atoms with van der Waals surface area (Å²) in [5, 5.41) is 32.2. The molecule has 2 amide bonds. The normalized spacial score (nSPS) is 25.5. The highest BCUT2D eigenvalue weighted by Crippen LogP contribution is 2.59. The van der Waals surface area contributed by atoms with Gasteiger partial charge in [0.1, 0.15) is 23.7 Å². The fourth-order valence-corrected chi connectivity index (χ4v) is 14.3. The Hall–Kier alpha value is -6.41. The molecule has 0 radical (unpaired) electrons. The van der Waals surface area contributed by atoms with Crippen LogP contribution in [0.15, 0.2) is 54.6 Å². The highest BCUT2D eigenvalue weighted by Gasteiger charge is 2.64. The number of piperidine rings is 1. The number of fused-ring (bicyclic) bond motifs is 2. The average Bonchev–Trinajstić information content (AvgIpc) is 4.08. The summed E-state index contributed by atoms with van der Waals surface area (Å²) >= 11 is 0. The topological polar surface area (TPSA) is 170 Å². The minimum Gasteiger partial charge on any atom is -0.495 e. The van der Waals surface area contributed by atoms with Gasteiger partial charge in [-0.05, 0) is 128 Å². The number of nitriles is 1. The smallest absolute Gasteiger partial charge is 0.264 e. The van der Waals surface area contributed by atoms with Gasteiger partial charge in [-0.3, -0.25) is 14.3 Å². The van der Waals surface area contributed by atoms with Crippen LogP contribution in [-0.2, 0) is 24.2 Å². The van der Waals surface area contributed by atoms with Crippen molar-refractivity contribution in [2.24, 2.45) is 16.2 Å². The molecule has 5 aromatic rings. The molecule has 5 heterocycles. The molecule has 11 rings (SSSR count). The number of methoxy groups -OCH3 is 1. The maximum absolute atomic E-state index is 14.7. The van der Waals surface area contributed by atoms with Crippen molar-refractivity contribution in [3.05, 3.63) is 93.7 Å². The molecule has 15 nitrogen and oxygen atoms in total.